The Morgan fingerprint density at radius 3 is 3.14 bits per heavy atom. The Kier molecular flexibility index (Phi) is 3.08. The van der Waals surface area contributed by atoms with E-state index < -0.39 is 0 Å². The van der Waals surface area contributed by atoms with Crippen LogP contribution in [0.4, 0.5) is 0 Å². The van der Waals surface area contributed by atoms with Crippen LogP contribution in [0.15, 0.2) is 4.99 Å². The zero-order chi connectivity index (χ0) is 9.97. The predicted octanol–water partition coefficient (Wildman–Crippen LogP) is 1.26. The molecule has 0 aromatic carbocycles. The second-order valence-corrected chi connectivity index (χ2v) is 4.76. The summed E-state index contributed by atoms with van der Waals surface area (Å²) >= 11 is 1.59. The highest BCUT2D eigenvalue weighted by atomic mass is 32.2. The summed E-state index contributed by atoms with van der Waals surface area (Å²) < 4.78 is 0. The Labute approximate surface area is 87.9 Å². The molecule has 0 aromatic rings. The highest BCUT2D eigenvalue weighted by Crippen LogP contribution is 2.39. The molecule has 1 unspecified atom stereocenters. The fraction of sp³-hybridized carbons (Fsp3) is 0.778. The number of hydrogen-bond donors (Lipinski definition) is 1. The second-order valence-electron chi connectivity index (χ2n) is 3.65. The zero-order valence-electron chi connectivity index (χ0n) is 8.19. The topological polar surface area (TPSA) is 55.6 Å². The van der Waals surface area contributed by atoms with Crippen LogP contribution >= 0.6 is 11.8 Å². The zero-order valence-corrected chi connectivity index (χ0v) is 9.01. The molecule has 5 heteroatoms. The Hall–Kier alpha value is -0.550. The lowest BCUT2D eigenvalue weighted by molar-refractivity contribution is -0.117. The molecule has 1 saturated heterocycles. The van der Waals surface area contributed by atoms with E-state index in [0.717, 1.165) is 12.3 Å². The summed E-state index contributed by atoms with van der Waals surface area (Å²) in [6.45, 7) is 1.97. The standard InChI is InChI=1S/C9H14N3OS/c1-2-3-7(13)10-9-12-11-8(14-9)6-4-5-6/h6,8,11H,2-5H2,1H3. The molecule has 0 bridgehead atoms. The van der Waals surface area contributed by atoms with Crippen LogP contribution in [-0.4, -0.2) is 16.4 Å². The first kappa shape index (κ1) is 9.98. The van der Waals surface area contributed by atoms with Crippen molar-refractivity contribution < 1.29 is 4.79 Å². The van der Waals surface area contributed by atoms with E-state index in [9.17, 15) is 4.79 Å². The smallest absolute Gasteiger partial charge is 0.248 e. The van der Waals surface area contributed by atoms with Gasteiger partial charge in [-0.25, -0.2) is 0 Å². The first-order valence-corrected chi connectivity index (χ1v) is 5.92. The van der Waals surface area contributed by atoms with Crippen molar-refractivity contribution in [1.82, 2.24) is 10.9 Å². The Bertz CT molecular complexity index is 263. The third-order valence-electron chi connectivity index (χ3n) is 2.25. The molecule has 0 aromatic heterocycles. The molecule has 1 radical (unpaired) electrons. The van der Waals surface area contributed by atoms with Gasteiger partial charge in [0.1, 0.15) is 0 Å². The van der Waals surface area contributed by atoms with Crippen molar-refractivity contribution in [2.45, 2.75) is 38.0 Å². The van der Waals surface area contributed by atoms with Crippen LogP contribution < -0.4 is 10.9 Å². The number of carbonyl (C=O) groups is 1. The van der Waals surface area contributed by atoms with Crippen LogP contribution in [0.1, 0.15) is 32.6 Å². The summed E-state index contributed by atoms with van der Waals surface area (Å²) in [4.78, 5) is 15.1. The molecule has 2 aliphatic rings. The van der Waals surface area contributed by atoms with Crippen molar-refractivity contribution in [3.05, 3.63) is 0 Å². The van der Waals surface area contributed by atoms with Crippen molar-refractivity contribution in [1.29, 1.82) is 0 Å². The van der Waals surface area contributed by atoms with Gasteiger partial charge in [-0.05, 0) is 25.2 Å². The molecule has 1 saturated carbocycles. The summed E-state index contributed by atoms with van der Waals surface area (Å²) in [7, 11) is 0. The molecule has 1 N–H and O–H groups in total. The second kappa shape index (κ2) is 4.31. The summed E-state index contributed by atoms with van der Waals surface area (Å²) in [6.07, 6.45) is 3.92. The van der Waals surface area contributed by atoms with Gasteiger partial charge in [0.2, 0.25) is 11.1 Å². The highest BCUT2D eigenvalue weighted by Gasteiger charge is 2.37. The van der Waals surface area contributed by atoms with Gasteiger partial charge in [-0.3, -0.25) is 4.79 Å². The Morgan fingerprint density at radius 1 is 1.71 bits per heavy atom. The van der Waals surface area contributed by atoms with Crippen LogP contribution in [0.2, 0.25) is 0 Å². The minimum atomic E-state index is -0.0583. The van der Waals surface area contributed by atoms with Crippen molar-refractivity contribution in [2.75, 3.05) is 0 Å². The normalized spacial score (nSPS) is 29.2. The predicted molar refractivity (Wildman–Crippen MR) is 56.7 cm³/mol. The van der Waals surface area contributed by atoms with Crippen molar-refractivity contribution in [3.63, 3.8) is 0 Å². The fourth-order valence-corrected chi connectivity index (χ4v) is 2.37. The number of hydrogen-bond acceptors (Lipinski definition) is 3. The van der Waals surface area contributed by atoms with Gasteiger partial charge in [0, 0.05) is 6.42 Å². The van der Waals surface area contributed by atoms with Gasteiger partial charge in [-0.2, -0.15) is 15.8 Å². The summed E-state index contributed by atoms with van der Waals surface area (Å²) in [5, 5.41) is 0.975. The number of rotatable bonds is 3. The van der Waals surface area contributed by atoms with Crippen molar-refractivity contribution in [2.24, 2.45) is 10.9 Å². The molecule has 1 amide bonds. The van der Waals surface area contributed by atoms with Crippen molar-refractivity contribution >= 4 is 22.8 Å². The van der Waals surface area contributed by atoms with E-state index in [1.165, 1.54) is 12.8 Å². The molecule has 1 heterocycles. The van der Waals surface area contributed by atoms with Gasteiger partial charge >= 0.3 is 0 Å². The number of thioether (sulfide) groups is 1. The molecular weight excluding hydrogens is 198 g/mol. The van der Waals surface area contributed by atoms with Gasteiger partial charge in [-0.1, -0.05) is 18.7 Å². The number of nitrogens with zero attached hydrogens (tertiary/aromatic N) is 2. The maximum atomic E-state index is 11.2. The molecule has 2 rings (SSSR count). The van der Waals surface area contributed by atoms with E-state index in [1.807, 2.05) is 6.92 Å². The van der Waals surface area contributed by atoms with Crippen LogP contribution in [-0.2, 0) is 4.79 Å². The lowest BCUT2D eigenvalue weighted by atomic mass is 10.3. The third-order valence-corrected chi connectivity index (χ3v) is 3.39. The molecule has 4 nitrogen and oxygen atoms in total. The Morgan fingerprint density at radius 2 is 2.50 bits per heavy atom. The van der Waals surface area contributed by atoms with Crippen molar-refractivity contribution in [3.8, 4) is 0 Å². The maximum absolute atomic E-state index is 11.2. The molecule has 1 aliphatic carbocycles. The van der Waals surface area contributed by atoms with Gasteiger partial charge in [0.15, 0.2) is 0 Å². The quantitative estimate of drug-likeness (QED) is 0.766. The largest absolute Gasteiger partial charge is 0.273 e. The van der Waals surface area contributed by atoms with Gasteiger partial charge in [-0.15, -0.1) is 0 Å². The van der Waals surface area contributed by atoms with Crippen LogP contribution in [0, 0.1) is 5.92 Å². The SMILES string of the molecule is CCCC(=O)N=C1[N]NC(C2CC2)S1. The summed E-state index contributed by atoms with van der Waals surface area (Å²) in [5.41, 5.74) is 7.06. The van der Waals surface area contributed by atoms with E-state index in [2.05, 4.69) is 15.8 Å². The van der Waals surface area contributed by atoms with Gasteiger partial charge in [0.05, 0.1) is 5.37 Å². The summed E-state index contributed by atoms with van der Waals surface area (Å²) in [5.74, 6) is 0.676. The first-order chi connectivity index (χ1) is 6.79. The van der Waals surface area contributed by atoms with Crippen LogP contribution in [0.5, 0.6) is 0 Å². The minimum absolute atomic E-state index is 0.0583. The minimum Gasteiger partial charge on any atom is -0.273 e. The number of aliphatic imine (C=N–C) groups is 1. The van der Waals surface area contributed by atoms with E-state index in [4.69, 9.17) is 0 Å². The number of amidine groups is 1. The van der Waals surface area contributed by atoms with Gasteiger partial charge in [0.25, 0.3) is 0 Å². The molecule has 14 heavy (non-hydrogen) atoms. The lowest BCUT2D eigenvalue weighted by Crippen LogP contribution is -2.26. The molecule has 1 atom stereocenters. The molecule has 2 fully saturated rings. The van der Waals surface area contributed by atoms with Crippen LogP contribution in [0.3, 0.4) is 0 Å². The average Bonchev–Trinajstić information content (AvgIpc) is 2.89. The number of nitrogens with one attached hydrogen (secondary N) is 1. The van der Waals surface area contributed by atoms with Crippen LogP contribution in [0.25, 0.3) is 0 Å². The molecule has 0 spiro atoms. The van der Waals surface area contributed by atoms with E-state index in [0.29, 0.717) is 17.0 Å². The van der Waals surface area contributed by atoms with E-state index >= 15 is 0 Å². The third kappa shape index (κ3) is 2.48. The average molecular weight is 212 g/mol. The van der Waals surface area contributed by atoms with E-state index in [-0.39, 0.29) is 5.91 Å². The maximum Gasteiger partial charge on any atom is 0.248 e. The number of carbonyl (C=O) groups excluding carboxylic acids is 1. The Balaban J connectivity index is 1.84. The number of amides is 1. The molecule has 1 aliphatic heterocycles. The first-order valence-electron chi connectivity index (χ1n) is 5.04. The van der Waals surface area contributed by atoms with Gasteiger partial charge < -0.3 is 0 Å². The molecule has 77 valence electrons. The van der Waals surface area contributed by atoms with E-state index in [1.54, 1.807) is 11.8 Å². The summed E-state index contributed by atoms with van der Waals surface area (Å²) in [6, 6.07) is 0. The monoisotopic (exact) mass is 212 g/mol. The molecular formula is C9H14N3OS. The fourth-order valence-electron chi connectivity index (χ4n) is 1.31. The highest BCUT2D eigenvalue weighted by molar-refractivity contribution is 8.14. The lowest BCUT2D eigenvalue weighted by Gasteiger charge is -2.00.